The number of benzene rings is 1. The van der Waals surface area contributed by atoms with E-state index in [1.54, 1.807) is 4.90 Å². The average Bonchev–Trinajstić information content (AvgIpc) is 2.56. The second kappa shape index (κ2) is 3.09. The van der Waals surface area contributed by atoms with Crippen molar-refractivity contribution in [3.05, 3.63) is 29.3 Å². The van der Waals surface area contributed by atoms with Crippen LogP contribution in [0, 0.1) is 6.92 Å². The fourth-order valence-corrected chi connectivity index (χ4v) is 2.71. The molecule has 17 heavy (non-hydrogen) atoms. The van der Waals surface area contributed by atoms with Gasteiger partial charge in [0.2, 0.25) is 5.91 Å². The monoisotopic (exact) mass is 230 g/mol. The van der Waals surface area contributed by atoms with Crippen LogP contribution in [0.15, 0.2) is 18.2 Å². The van der Waals surface area contributed by atoms with Crippen LogP contribution in [-0.2, 0) is 4.79 Å². The summed E-state index contributed by atoms with van der Waals surface area (Å²) in [4.78, 5) is 25.7. The summed E-state index contributed by atoms with van der Waals surface area (Å²) >= 11 is 0. The number of rotatable bonds is 0. The Morgan fingerprint density at radius 2 is 2.12 bits per heavy atom. The van der Waals surface area contributed by atoms with E-state index in [0.29, 0.717) is 18.4 Å². The zero-order valence-corrected chi connectivity index (χ0v) is 9.91. The van der Waals surface area contributed by atoms with Gasteiger partial charge in [-0.2, -0.15) is 0 Å². The van der Waals surface area contributed by atoms with E-state index in [1.165, 1.54) is 0 Å². The van der Waals surface area contributed by atoms with Crippen LogP contribution in [-0.4, -0.2) is 17.5 Å². The van der Waals surface area contributed by atoms with Crippen LogP contribution >= 0.6 is 0 Å². The van der Waals surface area contributed by atoms with Crippen molar-refractivity contribution in [2.45, 2.75) is 32.4 Å². The normalized spacial score (nSPS) is 26.6. The quantitative estimate of drug-likeness (QED) is 0.735. The van der Waals surface area contributed by atoms with Gasteiger partial charge >= 0.3 is 0 Å². The van der Waals surface area contributed by atoms with E-state index in [2.05, 4.69) is 5.32 Å². The number of fused-ring (bicyclic) bond motifs is 3. The minimum Gasteiger partial charge on any atom is -0.329 e. The highest BCUT2D eigenvalue weighted by atomic mass is 16.2. The second-order valence-corrected chi connectivity index (χ2v) is 4.98. The van der Waals surface area contributed by atoms with Crippen LogP contribution in [0.5, 0.6) is 0 Å². The maximum absolute atomic E-state index is 12.0. The van der Waals surface area contributed by atoms with Gasteiger partial charge in [0.15, 0.2) is 0 Å². The van der Waals surface area contributed by atoms with Gasteiger partial charge in [-0.15, -0.1) is 0 Å². The Bertz CT molecular complexity index is 538. The van der Waals surface area contributed by atoms with Gasteiger partial charge in [-0.3, -0.25) is 14.5 Å². The van der Waals surface area contributed by atoms with E-state index in [0.717, 1.165) is 11.3 Å². The van der Waals surface area contributed by atoms with E-state index >= 15 is 0 Å². The molecule has 0 bridgehead atoms. The molecule has 2 amide bonds. The maximum Gasteiger partial charge on any atom is 0.255 e. The summed E-state index contributed by atoms with van der Waals surface area (Å²) in [6, 6.07) is 5.63. The standard InChI is InChI=1S/C13H14N2O2/c1-8-3-4-10-9(7-8)12(17)14-13(2)6-5-11(16)15(10)13/h3-4,7H,5-6H2,1-2H3,(H,14,17). The molecule has 1 fully saturated rings. The molecule has 4 heteroatoms. The molecule has 2 aliphatic heterocycles. The fraction of sp³-hybridized carbons (Fsp3) is 0.385. The Balaban J connectivity index is 2.22. The maximum atomic E-state index is 12.0. The summed E-state index contributed by atoms with van der Waals surface area (Å²) in [5.74, 6) is -0.00486. The van der Waals surface area contributed by atoms with Crippen molar-refractivity contribution in [1.82, 2.24) is 5.32 Å². The van der Waals surface area contributed by atoms with Crippen molar-refractivity contribution in [2.75, 3.05) is 4.90 Å². The Kier molecular flexibility index (Phi) is 1.88. The Hall–Kier alpha value is -1.84. The van der Waals surface area contributed by atoms with Gasteiger partial charge in [0.05, 0.1) is 11.3 Å². The van der Waals surface area contributed by atoms with Crippen molar-refractivity contribution >= 4 is 17.5 Å². The van der Waals surface area contributed by atoms with Crippen LogP contribution in [0.2, 0.25) is 0 Å². The molecular formula is C13H14N2O2. The van der Waals surface area contributed by atoms with E-state index in [-0.39, 0.29) is 11.8 Å². The highest BCUT2D eigenvalue weighted by Crippen LogP contribution is 2.38. The summed E-state index contributed by atoms with van der Waals surface area (Å²) in [7, 11) is 0. The third kappa shape index (κ3) is 1.30. The molecular weight excluding hydrogens is 216 g/mol. The Labute approximate surface area is 99.6 Å². The lowest BCUT2D eigenvalue weighted by atomic mass is 10.00. The molecule has 2 aliphatic rings. The number of carbonyl (C=O) groups is 2. The molecule has 0 saturated carbocycles. The van der Waals surface area contributed by atoms with Gasteiger partial charge in [-0.05, 0) is 32.4 Å². The topological polar surface area (TPSA) is 49.4 Å². The molecule has 1 saturated heterocycles. The largest absolute Gasteiger partial charge is 0.329 e. The Morgan fingerprint density at radius 1 is 1.35 bits per heavy atom. The van der Waals surface area contributed by atoms with E-state index in [4.69, 9.17) is 0 Å². The number of nitrogens with zero attached hydrogens (tertiary/aromatic N) is 1. The van der Waals surface area contributed by atoms with E-state index in [1.807, 2.05) is 32.0 Å². The summed E-state index contributed by atoms with van der Waals surface area (Å²) < 4.78 is 0. The molecule has 3 rings (SSSR count). The predicted molar refractivity (Wildman–Crippen MR) is 63.8 cm³/mol. The SMILES string of the molecule is Cc1ccc2c(c1)C(=O)NC1(C)CCC(=O)N21. The van der Waals surface area contributed by atoms with Gasteiger partial charge in [0.25, 0.3) is 5.91 Å². The Morgan fingerprint density at radius 3 is 2.88 bits per heavy atom. The molecule has 1 N–H and O–H groups in total. The first-order valence-electron chi connectivity index (χ1n) is 5.77. The summed E-state index contributed by atoms with van der Waals surface area (Å²) in [6.07, 6.45) is 1.16. The van der Waals surface area contributed by atoms with Crippen LogP contribution in [0.4, 0.5) is 5.69 Å². The molecule has 0 aromatic heterocycles. The number of anilines is 1. The van der Waals surface area contributed by atoms with Crippen LogP contribution in [0.3, 0.4) is 0 Å². The van der Waals surface area contributed by atoms with E-state index in [9.17, 15) is 9.59 Å². The lowest BCUT2D eigenvalue weighted by Crippen LogP contribution is -2.60. The van der Waals surface area contributed by atoms with Crippen LogP contribution < -0.4 is 10.2 Å². The van der Waals surface area contributed by atoms with Crippen molar-refractivity contribution in [3.63, 3.8) is 0 Å². The smallest absolute Gasteiger partial charge is 0.255 e. The van der Waals surface area contributed by atoms with Crippen molar-refractivity contribution < 1.29 is 9.59 Å². The lowest BCUT2D eigenvalue weighted by molar-refractivity contribution is -0.117. The molecule has 2 heterocycles. The number of hydrogen-bond donors (Lipinski definition) is 1. The van der Waals surface area contributed by atoms with Crippen molar-refractivity contribution in [3.8, 4) is 0 Å². The fourth-order valence-electron chi connectivity index (χ4n) is 2.71. The molecule has 1 unspecified atom stereocenters. The highest BCUT2D eigenvalue weighted by molar-refractivity contribution is 6.10. The number of carbonyl (C=O) groups excluding carboxylic acids is 2. The number of nitrogens with one attached hydrogen (secondary N) is 1. The molecule has 4 nitrogen and oxygen atoms in total. The third-order valence-electron chi connectivity index (χ3n) is 3.59. The average molecular weight is 230 g/mol. The molecule has 0 radical (unpaired) electrons. The molecule has 88 valence electrons. The predicted octanol–water partition coefficient (Wildman–Crippen LogP) is 1.58. The number of aryl methyl sites for hydroxylation is 1. The summed E-state index contributed by atoms with van der Waals surface area (Å²) in [5.41, 5.74) is 1.81. The first-order chi connectivity index (χ1) is 8.01. The first kappa shape index (κ1) is 10.3. The molecule has 0 spiro atoms. The van der Waals surface area contributed by atoms with Gasteiger partial charge < -0.3 is 5.32 Å². The van der Waals surface area contributed by atoms with Gasteiger partial charge in [-0.25, -0.2) is 0 Å². The lowest BCUT2D eigenvalue weighted by Gasteiger charge is -2.40. The third-order valence-corrected chi connectivity index (χ3v) is 3.59. The minimum atomic E-state index is -0.545. The minimum absolute atomic E-state index is 0.0811. The molecule has 0 aliphatic carbocycles. The van der Waals surface area contributed by atoms with Crippen molar-refractivity contribution in [1.29, 1.82) is 0 Å². The van der Waals surface area contributed by atoms with Crippen molar-refractivity contribution in [2.24, 2.45) is 0 Å². The second-order valence-electron chi connectivity index (χ2n) is 4.98. The zero-order valence-electron chi connectivity index (χ0n) is 9.91. The molecule has 1 atom stereocenters. The van der Waals surface area contributed by atoms with Crippen LogP contribution in [0.25, 0.3) is 0 Å². The number of hydrogen-bond acceptors (Lipinski definition) is 2. The number of amides is 2. The van der Waals surface area contributed by atoms with Gasteiger partial charge in [0.1, 0.15) is 5.66 Å². The summed E-state index contributed by atoms with van der Waals surface area (Å²) in [5, 5.41) is 2.93. The summed E-state index contributed by atoms with van der Waals surface area (Å²) in [6.45, 7) is 3.84. The van der Waals surface area contributed by atoms with Gasteiger partial charge in [0, 0.05) is 6.42 Å². The van der Waals surface area contributed by atoms with Gasteiger partial charge in [-0.1, -0.05) is 11.6 Å². The highest BCUT2D eigenvalue weighted by Gasteiger charge is 2.47. The molecule has 1 aromatic carbocycles. The van der Waals surface area contributed by atoms with Crippen LogP contribution in [0.1, 0.15) is 35.7 Å². The first-order valence-corrected chi connectivity index (χ1v) is 5.77. The zero-order chi connectivity index (χ0) is 12.2. The van der Waals surface area contributed by atoms with E-state index < -0.39 is 5.66 Å². The molecule has 1 aromatic rings.